The summed E-state index contributed by atoms with van der Waals surface area (Å²) < 4.78 is 19.4. The number of urea groups is 1. The first kappa shape index (κ1) is 50.5. The zero-order chi connectivity index (χ0) is 59.7. The number of benzene rings is 8. The van der Waals surface area contributed by atoms with Crippen LogP contribution < -0.4 is 31.6 Å². The zero-order valence-corrected chi connectivity index (χ0v) is 47.4. The Kier molecular flexibility index (Phi) is 9.89. The molecule has 19 heteroatoms. The fraction of sp³-hybridized carbons (Fsp3) is 0.203. The van der Waals surface area contributed by atoms with Crippen molar-refractivity contribution in [2.75, 3.05) is 14.2 Å². The van der Waals surface area contributed by atoms with Crippen LogP contribution in [0.3, 0.4) is 0 Å². The number of methoxy groups -OCH3 is 2. The zero-order valence-electron chi connectivity index (χ0n) is 47.4. The predicted octanol–water partition coefficient (Wildman–Crippen LogP) is 9.95. The average Bonchev–Trinajstić information content (AvgIpc) is 1.51. The van der Waals surface area contributed by atoms with Gasteiger partial charge in [0, 0.05) is 83.7 Å². The van der Waals surface area contributed by atoms with E-state index in [2.05, 4.69) is 28.9 Å². The van der Waals surface area contributed by atoms with Crippen molar-refractivity contribution in [2.45, 2.75) is 74.0 Å². The number of para-hydroxylation sites is 4. The molecule has 0 radical (unpaired) electrons. The van der Waals surface area contributed by atoms with Gasteiger partial charge in [0.2, 0.25) is 5.91 Å². The summed E-state index contributed by atoms with van der Waals surface area (Å²) >= 11 is 0. The molecule has 7 aliphatic rings. The van der Waals surface area contributed by atoms with Crippen LogP contribution in [-0.4, -0.2) is 94.8 Å². The van der Waals surface area contributed by atoms with E-state index in [-0.39, 0.29) is 54.7 Å². The van der Waals surface area contributed by atoms with Crippen molar-refractivity contribution in [3.63, 3.8) is 0 Å². The molecule has 1 spiro atoms. The minimum Gasteiger partial charge on any atom is -0.497 e. The lowest BCUT2D eigenvalue weighted by molar-refractivity contribution is -0.125. The molecule has 4 unspecified atom stereocenters. The number of carbonyl (C=O) groups excluding carboxylic acids is 7. The van der Waals surface area contributed by atoms with Crippen molar-refractivity contribution < 1.29 is 43.0 Å². The second-order valence-electron chi connectivity index (χ2n) is 24.5. The van der Waals surface area contributed by atoms with Crippen LogP contribution in [0.4, 0.5) is 4.79 Å². The van der Waals surface area contributed by atoms with Gasteiger partial charge in [-0.2, -0.15) is 0 Å². The third-order valence-corrected chi connectivity index (χ3v) is 20.5. The van der Waals surface area contributed by atoms with Crippen LogP contribution in [0.1, 0.15) is 102 Å². The predicted molar refractivity (Wildman–Crippen MR) is 329 cm³/mol. The van der Waals surface area contributed by atoms with Gasteiger partial charge in [0.1, 0.15) is 22.6 Å². The first-order chi connectivity index (χ1) is 42.7. The van der Waals surface area contributed by atoms with E-state index in [1.54, 1.807) is 14.2 Å². The molecule has 2 aliphatic carbocycles. The van der Waals surface area contributed by atoms with Gasteiger partial charge in [0.05, 0.1) is 83.7 Å². The highest BCUT2D eigenvalue weighted by Gasteiger charge is 2.61. The lowest BCUT2D eigenvalue weighted by atomic mass is 9.92. The van der Waals surface area contributed by atoms with E-state index in [1.807, 2.05) is 146 Å². The lowest BCUT2D eigenvalue weighted by Gasteiger charge is -2.31. The third kappa shape index (κ3) is 6.12. The number of nitrogens with one attached hydrogen (secondary N) is 2. The number of primary amides is 1. The molecular formula is C69H52N10O9. The number of amides is 8. The SMILES string of the molecule is COc1ccc(CN2C(=O)c3c(c4c5ccccc5n5c4c4c3c3ccccc3n4C3CC5[C@](N)(C(N)=O)C3)C2=O)cc1.COc1ccc(CN2C(=O)c3c(c4c5ccccc5n5c4c4c3c3ccccc3n4C3CC5[C@]4(C3)NC(=O)NC4=O)C2=O)cc1. The highest BCUT2D eigenvalue weighted by atomic mass is 16.5. The van der Waals surface area contributed by atoms with Gasteiger partial charge in [-0.3, -0.25) is 43.9 Å². The summed E-state index contributed by atoms with van der Waals surface area (Å²) in [7, 11) is 3.19. The van der Waals surface area contributed by atoms with Gasteiger partial charge >= 0.3 is 6.03 Å². The van der Waals surface area contributed by atoms with Gasteiger partial charge in [-0.05, 0) is 78.9 Å². The van der Waals surface area contributed by atoms with E-state index >= 15 is 0 Å². The minimum atomic E-state index is -1.28. The highest BCUT2D eigenvalue weighted by Crippen LogP contribution is 2.59. The number of hydrogen-bond acceptors (Lipinski definition) is 10. The molecule has 8 aromatic carbocycles. The Labute approximate surface area is 498 Å². The Balaban J connectivity index is 0.000000132. The second-order valence-corrected chi connectivity index (χ2v) is 24.5. The summed E-state index contributed by atoms with van der Waals surface area (Å²) in [5.41, 5.74) is 20.8. The van der Waals surface area contributed by atoms with Crippen LogP contribution in [0.5, 0.6) is 11.5 Å². The second kappa shape index (κ2) is 17.2. The van der Waals surface area contributed by atoms with Crippen molar-refractivity contribution in [3.8, 4) is 11.5 Å². The molecule has 5 aliphatic heterocycles. The van der Waals surface area contributed by atoms with Crippen molar-refractivity contribution in [1.29, 1.82) is 0 Å². The quantitative estimate of drug-likeness (QED) is 0.0869. The molecule has 6 N–H and O–H groups in total. The molecule has 88 heavy (non-hydrogen) atoms. The van der Waals surface area contributed by atoms with Gasteiger partial charge < -0.3 is 44.5 Å². The molecule has 6 atom stereocenters. The molecular weight excluding hydrogens is 1110 g/mol. The third-order valence-electron chi connectivity index (χ3n) is 20.5. The van der Waals surface area contributed by atoms with E-state index in [0.29, 0.717) is 64.8 Å². The normalized spacial score (nSPS) is 22.9. The molecule has 8 amide bonds. The Morgan fingerprint density at radius 3 is 1.22 bits per heavy atom. The summed E-state index contributed by atoms with van der Waals surface area (Å²) in [6.45, 7) is 0.257. The Bertz CT molecular complexity index is 5320. The number of ether oxygens (including phenoxy) is 2. The molecule has 4 aromatic heterocycles. The first-order valence-electron chi connectivity index (χ1n) is 29.5. The summed E-state index contributed by atoms with van der Waals surface area (Å²) in [4.78, 5) is 99.9. The van der Waals surface area contributed by atoms with Crippen LogP contribution >= 0.6 is 0 Å². The largest absolute Gasteiger partial charge is 0.497 e. The summed E-state index contributed by atoms with van der Waals surface area (Å²) in [6, 6.07) is 44.8. The fourth-order valence-corrected chi connectivity index (χ4v) is 16.9. The number of carbonyl (C=O) groups is 7. The van der Waals surface area contributed by atoms with Crippen LogP contribution in [-0.2, 0) is 22.7 Å². The van der Waals surface area contributed by atoms with Gasteiger partial charge in [0.15, 0.2) is 0 Å². The maximum absolute atomic E-state index is 14.5. The number of aromatic nitrogens is 4. The smallest absolute Gasteiger partial charge is 0.322 e. The minimum absolute atomic E-state index is 0.118. The molecule has 19 rings (SSSR count). The van der Waals surface area contributed by atoms with Crippen molar-refractivity contribution >= 4 is 129 Å². The maximum Gasteiger partial charge on any atom is 0.322 e. The molecule has 19 nitrogen and oxygen atoms in total. The number of imide groups is 3. The first-order valence-corrected chi connectivity index (χ1v) is 29.5. The van der Waals surface area contributed by atoms with Crippen LogP contribution in [0.15, 0.2) is 146 Å². The van der Waals surface area contributed by atoms with Gasteiger partial charge in [-0.25, -0.2) is 4.79 Å². The summed E-state index contributed by atoms with van der Waals surface area (Å²) in [5, 5.41) is 11.9. The van der Waals surface area contributed by atoms with Crippen molar-refractivity contribution in [3.05, 3.63) is 179 Å². The monoisotopic (exact) mass is 1160 g/mol. The van der Waals surface area contributed by atoms with Crippen molar-refractivity contribution in [1.82, 2.24) is 38.7 Å². The van der Waals surface area contributed by atoms with Crippen LogP contribution in [0.2, 0.25) is 0 Å². The van der Waals surface area contributed by atoms with E-state index in [9.17, 15) is 33.6 Å². The standard InChI is InChI=1S/C35H25N5O5.C34H27N5O4/c1-45-19-12-10-17(11-13-19)16-38-31(41)27-25-20-6-2-4-8-22(20)39-18-14-24(35(15-18)33(43)36-34(44)37-35)40-23-9-5-3-7-21(23)26(28(27)32(38)42)30(40)29(25)39;1-43-19-12-10-17(11-13-19)16-37-31(40)27-25-20-6-2-4-8-22(20)38-18-14-24(34(36,15-18)33(35)42)39-23-9-5-3-7-21(23)26(28(27)32(37)41)30(39)29(25)38/h2-13,18,24H,14-16H2,1H3,(H2,36,37,43,44);2-13,18,24H,14-16,36H2,1H3,(H2,35,42)/t18?,24?,35-;18?,24?,34-/m00/s1. The van der Waals surface area contributed by atoms with Gasteiger partial charge in [-0.1, -0.05) is 97.1 Å². The molecule has 432 valence electrons. The number of fused-ring (bicyclic) bond motifs is 27. The fourth-order valence-electron chi connectivity index (χ4n) is 16.9. The average molecular weight is 1170 g/mol. The number of nitrogens with two attached hydrogens (primary N) is 2. The summed E-state index contributed by atoms with van der Waals surface area (Å²) in [5.74, 6) is -0.784. The maximum atomic E-state index is 14.5. The summed E-state index contributed by atoms with van der Waals surface area (Å²) in [6.07, 6.45) is 1.98. The van der Waals surface area contributed by atoms with Crippen molar-refractivity contribution in [2.24, 2.45) is 11.5 Å². The van der Waals surface area contributed by atoms with Gasteiger partial charge in [0.25, 0.3) is 29.5 Å². The highest BCUT2D eigenvalue weighted by molar-refractivity contribution is 6.41. The van der Waals surface area contributed by atoms with Crippen LogP contribution in [0, 0.1) is 0 Å². The van der Waals surface area contributed by atoms with E-state index in [4.69, 9.17) is 20.9 Å². The molecule has 1 saturated heterocycles. The molecule has 3 fully saturated rings. The Morgan fingerprint density at radius 1 is 0.489 bits per heavy atom. The van der Waals surface area contributed by atoms with E-state index in [1.165, 1.54) is 9.80 Å². The number of rotatable bonds is 7. The molecule has 9 heterocycles. The van der Waals surface area contributed by atoms with Crippen LogP contribution in [0.25, 0.3) is 87.2 Å². The topological polar surface area (TPSA) is 240 Å². The Hall–Kier alpha value is -10.8. The number of nitrogens with zero attached hydrogens (tertiary/aromatic N) is 6. The number of hydrogen-bond donors (Lipinski definition) is 4. The lowest BCUT2D eigenvalue weighted by Crippen LogP contribution is -2.55. The molecule has 4 bridgehead atoms. The van der Waals surface area contributed by atoms with E-state index < -0.39 is 35.1 Å². The molecule has 2 saturated carbocycles. The molecule has 12 aromatic rings. The van der Waals surface area contributed by atoms with E-state index in [0.717, 1.165) is 93.0 Å². The Morgan fingerprint density at radius 2 is 0.841 bits per heavy atom. The van der Waals surface area contributed by atoms with Gasteiger partial charge in [-0.15, -0.1) is 0 Å².